The third-order valence-electron chi connectivity index (χ3n) is 4.86. The van der Waals surface area contributed by atoms with E-state index in [2.05, 4.69) is 34.3 Å². The van der Waals surface area contributed by atoms with Crippen molar-refractivity contribution >= 4 is 17.3 Å². The average molecular weight is 361 g/mol. The van der Waals surface area contributed by atoms with Crippen molar-refractivity contribution in [3.05, 3.63) is 89.5 Å². The lowest BCUT2D eigenvalue weighted by Crippen LogP contribution is -2.26. The molecule has 0 fully saturated rings. The van der Waals surface area contributed by atoms with Crippen LogP contribution in [-0.2, 0) is 13.0 Å². The van der Waals surface area contributed by atoms with Gasteiger partial charge < -0.3 is 10.2 Å². The molecule has 1 aromatic heterocycles. The van der Waals surface area contributed by atoms with Crippen LogP contribution in [0.15, 0.2) is 66.9 Å². The second-order valence-corrected chi connectivity index (χ2v) is 6.73. The highest BCUT2D eigenvalue weighted by molar-refractivity contribution is 5.93. The van der Waals surface area contributed by atoms with E-state index in [1.54, 1.807) is 30.5 Å². The number of benzene rings is 2. The van der Waals surface area contributed by atoms with E-state index < -0.39 is 0 Å². The average Bonchev–Trinajstić information content (AvgIpc) is 3.03. The molecule has 0 radical (unpaired) electrons. The van der Waals surface area contributed by atoms with Crippen molar-refractivity contribution in [1.29, 1.82) is 0 Å². The maximum Gasteiger partial charge on any atom is 0.270 e. The van der Waals surface area contributed by atoms with Gasteiger partial charge in [0.05, 0.1) is 0 Å². The van der Waals surface area contributed by atoms with Crippen LogP contribution in [0.5, 0.6) is 0 Å². The third kappa shape index (κ3) is 3.40. The first-order valence-electron chi connectivity index (χ1n) is 8.98. The SMILES string of the molecule is CC1Cc2ccccc2N1c1ccnc(C(=O)NCc2ccccc2F)c1. The number of hydrogen-bond acceptors (Lipinski definition) is 3. The molecule has 4 rings (SSSR count). The van der Waals surface area contributed by atoms with E-state index in [9.17, 15) is 9.18 Å². The monoisotopic (exact) mass is 361 g/mol. The van der Waals surface area contributed by atoms with Gasteiger partial charge >= 0.3 is 0 Å². The highest BCUT2D eigenvalue weighted by atomic mass is 19.1. The Morgan fingerprint density at radius 2 is 1.96 bits per heavy atom. The molecule has 0 aliphatic carbocycles. The van der Waals surface area contributed by atoms with Crippen molar-refractivity contribution in [2.24, 2.45) is 0 Å². The molecule has 0 saturated heterocycles. The van der Waals surface area contributed by atoms with Crippen molar-refractivity contribution in [3.63, 3.8) is 0 Å². The van der Waals surface area contributed by atoms with Crippen LogP contribution >= 0.6 is 0 Å². The summed E-state index contributed by atoms with van der Waals surface area (Å²) in [5, 5.41) is 2.74. The fourth-order valence-electron chi connectivity index (χ4n) is 3.56. The Morgan fingerprint density at radius 3 is 2.81 bits per heavy atom. The molecule has 1 atom stereocenters. The molecule has 1 amide bonds. The summed E-state index contributed by atoms with van der Waals surface area (Å²) in [6.07, 6.45) is 2.61. The van der Waals surface area contributed by atoms with Crippen molar-refractivity contribution < 1.29 is 9.18 Å². The molecule has 3 aromatic rings. The predicted octanol–water partition coefficient (Wildman–Crippen LogP) is 4.23. The van der Waals surface area contributed by atoms with Gasteiger partial charge in [-0.2, -0.15) is 0 Å². The minimum absolute atomic E-state index is 0.125. The van der Waals surface area contributed by atoms with E-state index in [0.717, 1.165) is 17.8 Å². The van der Waals surface area contributed by atoms with Gasteiger partial charge in [-0.05, 0) is 43.2 Å². The molecule has 136 valence electrons. The van der Waals surface area contributed by atoms with Crippen LogP contribution in [0.4, 0.5) is 15.8 Å². The number of carbonyl (C=O) groups excluding carboxylic acids is 1. The lowest BCUT2D eigenvalue weighted by atomic mass is 10.1. The van der Waals surface area contributed by atoms with E-state index in [0.29, 0.717) is 17.3 Å². The van der Waals surface area contributed by atoms with Crippen molar-refractivity contribution in [1.82, 2.24) is 10.3 Å². The Kier molecular flexibility index (Phi) is 4.59. The number of pyridine rings is 1. The van der Waals surface area contributed by atoms with Crippen molar-refractivity contribution in [2.45, 2.75) is 25.9 Å². The van der Waals surface area contributed by atoms with Gasteiger partial charge in [0, 0.05) is 35.7 Å². The van der Waals surface area contributed by atoms with Crippen molar-refractivity contribution in [3.8, 4) is 0 Å². The van der Waals surface area contributed by atoms with Crippen LogP contribution < -0.4 is 10.2 Å². The molecule has 5 heteroatoms. The molecule has 1 aliphatic heterocycles. The standard InChI is InChI=1S/C22H20FN3O/c1-15-12-16-6-3-5-9-21(16)26(15)18-10-11-24-20(13-18)22(27)25-14-17-7-2-4-8-19(17)23/h2-11,13,15H,12,14H2,1H3,(H,25,27). The number of nitrogens with zero attached hydrogens (tertiary/aromatic N) is 2. The minimum Gasteiger partial charge on any atom is -0.347 e. The number of amides is 1. The van der Waals surface area contributed by atoms with E-state index in [-0.39, 0.29) is 18.3 Å². The zero-order valence-corrected chi connectivity index (χ0v) is 15.0. The largest absolute Gasteiger partial charge is 0.347 e. The first-order chi connectivity index (χ1) is 13.1. The fraction of sp³-hybridized carbons (Fsp3) is 0.182. The van der Waals surface area contributed by atoms with Crippen LogP contribution in [-0.4, -0.2) is 16.9 Å². The Morgan fingerprint density at radius 1 is 1.19 bits per heavy atom. The molecule has 0 saturated carbocycles. The van der Waals surface area contributed by atoms with E-state index in [1.807, 2.05) is 18.2 Å². The number of nitrogens with one attached hydrogen (secondary N) is 1. The molecule has 4 nitrogen and oxygen atoms in total. The number of aromatic nitrogens is 1. The summed E-state index contributed by atoms with van der Waals surface area (Å²) in [7, 11) is 0. The van der Waals surface area contributed by atoms with Gasteiger partial charge in [-0.15, -0.1) is 0 Å². The summed E-state index contributed by atoms with van der Waals surface area (Å²) in [6.45, 7) is 2.29. The van der Waals surface area contributed by atoms with Gasteiger partial charge in [0.1, 0.15) is 11.5 Å². The quantitative estimate of drug-likeness (QED) is 0.756. The summed E-state index contributed by atoms with van der Waals surface area (Å²) in [5.41, 5.74) is 4.16. The maximum atomic E-state index is 13.7. The Hall–Kier alpha value is -3.21. The zero-order chi connectivity index (χ0) is 18.8. The molecule has 2 heterocycles. The van der Waals surface area contributed by atoms with Crippen molar-refractivity contribution in [2.75, 3.05) is 4.90 Å². The van der Waals surface area contributed by atoms with Gasteiger partial charge in [0.15, 0.2) is 0 Å². The molecule has 1 unspecified atom stereocenters. The second-order valence-electron chi connectivity index (χ2n) is 6.73. The summed E-state index contributed by atoms with van der Waals surface area (Å²) < 4.78 is 13.7. The number of hydrogen-bond donors (Lipinski definition) is 1. The van der Waals surface area contributed by atoms with Crippen LogP contribution in [0.25, 0.3) is 0 Å². The third-order valence-corrected chi connectivity index (χ3v) is 4.86. The maximum absolute atomic E-state index is 13.7. The first-order valence-corrected chi connectivity index (χ1v) is 8.98. The number of halogens is 1. The molecule has 2 aromatic carbocycles. The summed E-state index contributed by atoms with van der Waals surface area (Å²) >= 11 is 0. The number of rotatable bonds is 4. The topological polar surface area (TPSA) is 45.2 Å². The zero-order valence-electron chi connectivity index (χ0n) is 15.0. The lowest BCUT2D eigenvalue weighted by Gasteiger charge is -2.25. The smallest absolute Gasteiger partial charge is 0.270 e. The number of para-hydroxylation sites is 1. The Labute approximate surface area is 157 Å². The molecule has 27 heavy (non-hydrogen) atoms. The van der Waals surface area contributed by atoms with Crippen LogP contribution in [0.2, 0.25) is 0 Å². The molecule has 0 bridgehead atoms. The summed E-state index contributed by atoms with van der Waals surface area (Å²) in [6, 6.07) is 18.7. The minimum atomic E-state index is -0.331. The number of fused-ring (bicyclic) bond motifs is 1. The van der Waals surface area contributed by atoms with Gasteiger partial charge in [-0.1, -0.05) is 36.4 Å². The second kappa shape index (κ2) is 7.19. The molecular formula is C22H20FN3O. The van der Waals surface area contributed by atoms with Gasteiger partial charge in [0.25, 0.3) is 5.91 Å². The van der Waals surface area contributed by atoms with E-state index >= 15 is 0 Å². The van der Waals surface area contributed by atoms with Gasteiger partial charge in [0.2, 0.25) is 0 Å². The molecular weight excluding hydrogens is 341 g/mol. The van der Waals surface area contributed by atoms with E-state index in [4.69, 9.17) is 0 Å². The van der Waals surface area contributed by atoms with Crippen LogP contribution in [0, 0.1) is 5.82 Å². The fourth-order valence-corrected chi connectivity index (χ4v) is 3.56. The summed E-state index contributed by atoms with van der Waals surface area (Å²) in [4.78, 5) is 18.9. The highest BCUT2D eigenvalue weighted by Crippen LogP contribution is 2.37. The number of carbonyl (C=O) groups is 1. The number of anilines is 2. The van der Waals surface area contributed by atoms with Crippen LogP contribution in [0.3, 0.4) is 0 Å². The lowest BCUT2D eigenvalue weighted by molar-refractivity contribution is 0.0945. The van der Waals surface area contributed by atoms with Crippen LogP contribution in [0.1, 0.15) is 28.5 Å². The predicted molar refractivity (Wildman–Crippen MR) is 104 cm³/mol. The van der Waals surface area contributed by atoms with Gasteiger partial charge in [-0.3, -0.25) is 9.78 Å². The Balaban J connectivity index is 1.54. The van der Waals surface area contributed by atoms with Gasteiger partial charge in [-0.25, -0.2) is 4.39 Å². The molecule has 0 spiro atoms. The Bertz CT molecular complexity index is 989. The molecule has 1 aliphatic rings. The molecule has 1 N–H and O–H groups in total. The normalized spacial score (nSPS) is 15.5. The highest BCUT2D eigenvalue weighted by Gasteiger charge is 2.27. The van der Waals surface area contributed by atoms with E-state index in [1.165, 1.54) is 11.6 Å². The first kappa shape index (κ1) is 17.2. The summed E-state index contributed by atoms with van der Waals surface area (Å²) in [5.74, 6) is -0.651.